The minimum Gasteiger partial charge on any atom is -0.359 e. The lowest BCUT2D eigenvalue weighted by Gasteiger charge is -2.08. The Balaban J connectivity index is 2.08. The standard InChI is InChI=1S/C12H15F2N3/c1-15-12(16-2)17-10-6-7(10)11-8(13)4-3-5-9(11)14/h3-5,7,10H,6H2,1-2H3,(H2,15,16,17). The number of rotatable bonds is 2. The number of hydrogen-bond acceptors (Lipinski definition) is 1. The maximum atomic E-state index is 13.5. The van der Waals surface area contributed by atoms with E-state index in [1.54, 1.807) is 14.1 Å². The van der Waals surface area contributed by atoms with Crippen LogP contribution in [0.3, 0.4) is 0 Å². The van der Waals surface area contributed by atoms with Gasteiger partial charge in [-0.2, -0.15) is 0 Å². The Hall–Kier alpha value is -1.65. The van der Waals surface area contributed by atoms with Gasteiger partial charge in [0.1, 0.15) is 11.6 Å². The number of guanidine groups is 1. The van der Waals surface area contributed by atoms with Crippen molar-refractivity contribution in [2.75, 3.05) is 14.1 Å². The van der Waals surface area contributed by atoms with Gasteiger partial charge in [0.05, 0.1) is 0 Å². The molecule has 1 aromatic carbocycles. The second-order valence-corrected chi connectivity index (χ2v) is 4.05. The molecular formula is C12H15F2N3. The molecule has 5 heteroatoms. The Morgan fingerprint density at radius 2 is 2.00 bits per heavy atom. The molecule has 2 N–H and O–H groups in total. The van der Waals surface area contributed by atoms with E-state index in [1.165, 1.54) is 18.2 Å². The molecule has 1 aliphatic carbocycles. The molecule has 2 atom stereocenters. The number of nitrogens with one attached hydrogen (secondary N) is 2. The Morgan fingerprint density at radius 1 is 1.35 bits per heavy atom. The van der Waals surface area contributed by atoms with E-state index < -0.39 is 11.6 Å². The van der Waals surface area contributed by atoms with E-state index in [1.807, 2.05) is 0 Å². The Morgan fingerprint density at radius 3 is 2.53 bits per heavy atom. The van der Waals surface area contributed by atoms with Crippen LogP contribution in [0.4, 0.5) is 8.78 Å². The normalized spacial score (nSPS) is 23.4. The summed E-state index contributed by atoms with van der Waals surface area (Å²) in [6, 6.07) is 4.01. The summed E-state index contributed by atoms with van der Waals surface area (Å²) in [4.78, 5) is 3.97. The van der Waals surface area contributed by atoms with E-state index in [0.717, 1.165) is 6.42 Å². The quantitative estimate of drug-likeness (QED) is 0.607. The van der Waals surface area contributed by atoms with Crippen LogP contribution >= 0.6 is 0 Å². The average molecular weight is 239 g/mol. The van der Waals surface area contributed by atoms with Crippen molar-refractivity contribution in [3.8, 4) is 0 Å². The second-order valence-electron chi connectivity index (χ2n) is 4.05. The molecule has 3 nitrogen and oxygen atoms in total. The van der Waals surface area contributed by atoms with Gasteiger partial charge in [-0.05, 0) is 18.6 Å². The van der Waals surface area contributed by atoms with Crippen LogP contribution in [0.2, 0.25) is 0 Å². The lowest BCUT2D eigenvalue weighted by atomic mass is 10.1. The first-order valence-electron chi connectivity index (χ1n) is 5.52. The number of nitrogens with zero attached hydrogens (tertiary/aromatic N) is 1. The highest BCUT2D eigenvalue weighted by Gasteiger charge is 2.42. The Bertz CT molecular complexity index is 425. The predicted molar refractivity (Wildman–Crippen MR) is 63.1 cm³/mol. The molecule has 17 heavy (non-hydrogen) atoms. The zero-order valence-electron chi connectivity index (χ0n) is 9.80. The van der Waals surface area contributed by atoms with E-state index in [9.17, 15) is 8.78 Å². The average Bonchev–Trinajstić information content (AvgIpc) is 3.05. The summed E-state index contributed by atoms with van der Waals surface area (Å²) in [5, 5.41) is 5.97. The first-order chi connectivity index (χ1) is 8.17. The van der Waals surface area contributed by atoms with Gasteiger partial charge in [-0.1, -0.05) is 6.07 Å². The molecule has 1 fully saturated rings. The van der Waals surface area contributed by atoms with Gasteiger partial charge in [-0.3, -0.25) is 4.99 Å². The van der Waals surface area contributed by atoms with Crippen LogP contribution < -0.4 is 10.6 Å². The van der Waals surface area contributed by atoms with Crippen LogP contribution in [-0.2, 0) is 0 Å². The lowest BCUT2D eigenvalue weighted by molar-refractivity contribution is 0.553. The maximum absolute atomic E-state index is 13.5. The highest BCUT2D eigenvalue weighted by atomic mass is 19.1. The lowest BCUT2D eigenvalue weighted by Crippen LogP contribution is -2.36. The highest BCUT2D eigenvalue weighted by molar-refractivity contribution is 5.80. The van der Waals surface area contributed by atoms with E-state index in [-0.39, 0.29) is 17.5 Å². The molecule has 1 aliphatic rings. The van der Waals surface area contributed by atoms with Crippen molar-refractivity contribution in [1.82, 2.24) is 10.6 Å². The first-order valence-corrected chi connectivity index (χ1v) is 5.52. The van der Waals surface area contributed by atoms with Crippen molar-refractivity contribution >= 4 is 5.96 Å². The first kappa shape index (κ1) is 11.8. The van der Waals surface area contributed by atoms with Gasteiger partial charge in [0.25, 0.3) is 0 Å². The van der Waals surface area contributed by atoms with Crippen LogP contribution in [-0.4, -0.2) is 26.1 Å². The molecule has 0 bridgehead atoms. The molecule has 0 aliphatic heterocycles. The molecule has 2 unspecified atom stereocenters. The van der Waals surface area contributed by atoms with Gasteiger partial charge in [0.2, 0.25) is 0 Å². The molecule has 92 valence electrons. The molecule has 0 aromatic heterocycles. The zero-order valence-corrected chi connectivity index (χ0v) is 9.80. The molecule has 0 heterocycles. The van der Waals surface area contributed by atoms with Crippen molar-refractivity contribution in [1.29, 1.82) is 0 Å². The third-order valence-corrected chi connectivity index (χ3v) is 2.94. The summed E-state index contributed by atoms with van der Waals surface area (Å²) in [5.74, 6) is -0.423. The van der Waals surface area contributed by atoms with Gasteiger partial charge < -0.3 is 10.6 Å². The smallest absolute Gasteiger partial charge is 0.190 e. The Labute approximate surface area is 98.9 Å². The summed E-state index contributed by atoms with van der Waals surface area (Å²) >= 11 is 0. The fourth-order valence-electron chi connectivity index (χ4n) is 1.96. The summed E-state index contributed by atoms with van der Waals surface area (Å²) in [6.45, 7) is 0. The summed E-state index contributed by atoms with van der Waals surface area (Å²) in [7, 11) is 3.40. The van der Waals surface area contributed by atoms with E-state index in [4.69, 9.17) is 0 Å². The van der Waals surface area contributed by atoms with Crippen LogP contribution in [0.25, 0.3) is 0 Å². The molecule has 0 saturated heterocycles. The fraction of sp³-hybridized carbons (Fsp3) is 0.417. The van der Waals surface area contributed by atoms with Crippen molar-refractivity contribution in [3.63, 3.8) is 0 Å². The van der Waals surface area contributed by atoms with Gasteiger partial charge in [-0.25, -0.2) is 8.78 Å². The van der Waals surface area contributed by atoms with Crippen LogP contribution in [0.5, 0.6) is 0 Å². The monoisotopic (exact) mass is 239 g/mol. The SMILES string of the molecule is CN=C(NC)NC1CC1c1c(F)cccc1F. The van der Waals surface area contributed by atoms with Crippen LogP contribution in [0, 0.1) is 11.6 Å². The molecule has 1 saturated carbocycles. The van der Waals surface area contributed by atoms with Gasteiger partial charge >= 0.3 is 0 Å². The van der Waals surface area contributed by atoms with Crippen molar-refractivity contribution in [3.05, 3.63) is 35.4 Å². The topological polar surface area (TPSA) is 36.4 Å². The molecule has 0 radical (unpaired) electrons. The molecule has 0 amide bonds. The molecule has 0 spiro atoms. The maximum Gasteiger partial charge on any atom is 0.190 e. The van der Waals surface area contributed by atoms with Gasteiger partial charge in [-0.15, -0.1) is 0 Å². The minimum atomic E-state index is -0.473. The third kappa shape index (κ3) is 2.38. The summed E-state index contributed by atoms with van der Waals surface area (Å²) in [5.41, 5.74) is 0.177. The van der Waals surface area contributed by atoms with Crippen molar-refractivity contribution in [2.24, 2.45) is 4.99 Å². The van der Waals surface area contributed by atoms with E-state index in [2.05, 4.69) is 15.6 Å². The number of halogens is 2. The molecule has 2 rings (SSSR count). The number of benzene rings is 1. The minimum absolute atomic E-state index is 0.0487. The largest absolute Gasteiger partial charge is 0.359 e. The fourth-order valence-corrected chi connectivity index (χ4v) is 1.96. The van der Waals surface area contributed by atoms with Crippen molar-refractivity contribution < 1.29 is 8.78 Å². The zero-order chi connectivity index (χ0) is 12.4. The second kappa shape index (κ2) is 4.69. The third-order valence-electron chi connectivity index (χ3n) is 2.94. The van der Waals surface area contributed by atoms with Gasteiger partial charge in [0, 0.05) is 31.6 Å². The van der Waals surface area contributed by atoms with E-state index in [0.29, 0.717) is 5.96 Å². The summed E-state index contributed by atoms with van der Waals surface area (Å²) < 4.78 is 27.0. The van der Waals surface area contributed by atoms with Crippen LogP contribution in [0.15, 0.2) is 23.2 Å². The summed E-state index contributed by atoms with van der Waals surface area (Å²) in [6.07, 6.45) is 0.721. The molecular weight excluding hydrogens is 224 g/mol. The highest BCUT2D eigenvalue weighted by Crippen LogP contribution is 2.42. The molecule has 1 aromatic rings. The predicted octanol–water partition coefficient (Wildman–Crippen LogP) is 1.62. The van der Waals surface area contributed by atoms with Crippen molar-refractivity contribution in [2.45, 2.75) is 18.4 Å². The Kier molecular flexibility index (Phi) is 3.26. The van der Waals surface area contributed by atoms with Gasteiger partial charge in [0.15, 0.2) is 5.96 Å². The number of aliphatic imine (C=N–C) groups is 1. The van der Waals surface area contributed by atoms with E-state index >= 15 is 0 Å². The number of hydrogen-bond donors (Lipinski definition) is 2. The van der Waals surface area contributed by atoms with Crippen LogP contribution in [0.1, 0.15) is 17.9 Å².